The van der Waals surface area contributed by atoms with Gasteiger partial charge in [-0.1, -0.05) is 24.3 Å². The first-order valence-electron chi connectivity index (χ1n) is 5.86. The smallest absolute Gasteiger partial charge is 0.344 e. The van der Waals surface area contributed by atoms with Crippen LogP contribution in [0.5, 0.6) is 5.88 Å². The second-order valence-corrected chi connectivity index (χ2v) is 4.12. The van der Waals surface area contributed by atoms with Crippen LogP contribution in [-0.4, -0.2) is 21.9 Å². The van der Waals surface area contributed by atoms with E-state index in [2.05, 4.69) is 4.98 Å². The summed E-state index contributed by atoms with van der Waals surface area (Å²) in [6.07, 6.45) is 1.50. The third-order valence-corrected chi connectivity index (χ3v) is 2.54. The molecular formula is C14H10N2O4S. The quantitative estimate of drug-likeness (QED) is 0.528. The van der Waals surface area contributed by atoms with E-state index < -0.39 is 16.9 Å². The average molecular weight is 302 g/mol. The van der Waals surface area contributed by atoms with Crippen LogP contribution < -0.4 is 10.3 Å². The highest BCUT2D eigenvalue weighted by Gasteiger charge is 2.17. The first kappa shape index (κ1) is 14.6. The SMILES string of the molecule is O=C(NOc1ccccn1)C(=S)OC(=O)c1ccccc1. The number of aromatic nitrogens is 1. The Morgan fingerprint density at radius 2 is 1.76 bits per heavy atom. The van der Waals surface area contributed by atoms with Crippen molar-refractivity contribution in [3.8, 4) is 5.88 Å². The zero-order chi connectivity index (χ0) is 15.1. The average Bonchev–Trinajstić information content (AvgIpc) is 2.54. The van der Waals surface area contributed by atoms with Gasteiger partial charge < -0.3 is 9.57 Å². The predicted octanol–water partition coefficient (Wildman–Crippen LogP) is 1.68. The van der Waals surface area contributed by atoms with E-state index in [0.29, 0.717) is 5.56 Å². The van der Waals surface area contributed by atoms with Crippen LogP contribution in [0.2, 0.25) is 0 Å². The molecule has 1 aromatic carbocycles. The van der Waals surface area contributed by atoms with Crippen LogP contribution in [0.3, 0.4) is 0 Å². The molecule has 7 heteroatoms. The summed E-state index contributed by atoms with van der Waals surface area (Å²) in [5, 5.41) is -0.542. The molecular weight excluding hydrogens is 292 g/mol. The molecule has 0 saturated carbocycles. The van der Waals surface area contributed by atoms with Crippen LogP contribution in [0.15, 0.2) is 54.7 Å². The lowest BCUT2D eigenvalue weighted by Gasteiger charge is -2.07. The topological polar surface area (TPSA) is 77.5 Å². The zero-order valence-electron chi connectivity index (χ0n) is 10.7. The lowest BCUT2D eigenvalue weighted by molar-refractivity contribution is -0.122. The fraction of sp³-hybridized carbons (Fsp3) is 0. The highest BCUT2D eigenvalue weighted by molar-refractivity contribution is 7.81. The molecule has 1 heterocycles. The molecule has 0 saturated heterocycles. The summed E-state index contributed by atoms with van der Waals surface area (Å²) in [4.78, 5) is 32.0. The van der Waals surface area contributed by atoms with E-state index >= 15 is 0 Å². The van der Waals surface area contributed by atoms with Crippen molar-refractivity contribution >= 4 is 29.1 Å². The van der Waals surface area contributed by atoms with Gasteiger partial charge in [0.05, 0.1) is 5.56 Å². The van der Waals surface area contributed by atoms with Crippen molar-refractivity contribution in [2.45, 2.75) is 0 Å². The lowest BCUT2D eigenvalue weighted by Crippen LogP contribution is -2.35. The van der Waals surface area contributed by atoms with Gasteiger partial charge in [-0.3, -0.25) is 4.79 Å². The molecule has 21 heavy (non-hydrogen) atoms. The van der Waals surface area contributed by atoms with E-state index in [-0.39, 0.29) is 5.88 Å². The van der Waals surface area contributed by atoms with Gasteiger partial charge in [0, 0.05) is 12.3 Å². The van der Waals surface area contributed by atoms with Gasteiger partial charge in [0.2, 0.25) is 5.88 Å². The summed E-state index contributed by atoms with van der Waals surface area (Å²) in [5.41, 5.74) is 2.33. The number of nitrogens with zero attached hydrogens (tertiary/aromatic N) is 1. The minimum absolute atomic E-state index is 0.183. The van der Waals surface area contributed by atoms with Gasteiger partial charge in [-0.2, -0.15) is 5.48 Å². The first-order valence-corrected chi connectivity index (χ1v) is 6.27. The molecule has 0 spiro atoms. The minimum Gasteiger partial charge on any atom is -0.405 e. The standard InChI is InChI=1S/C14H10N2O4S/c17-12(16-20-11-8-4-5-9-15-11)14(21)19-13(18)10-6-2-1-3-7-10/h1-9H,(H,16,17). The summed E-state index contributed by atoms with van der Waals surface area (Å²) >= 11 is 4.71. The number of benzene rings is 1. The summed E-state index contributed by atoms with van der Waals surface area (Å²) in [6, 6.07) is 13.1. The fourth-order valence-electron chi connectivity index (χ4n) is 1.31. The lowest BCUT2D eigenvalue weighted by atomic mass is 10.2. The van der Waals surface area contributed by atoms with Crippen molar-refractivity contribution in [3.63, 3.8) is 0 Å². The minimum atomic E-state index is -0.847. The molecule has 1 amide bonds. The number of hydrogen-bond acceptors (Lipinski definition) is 6. The molecule has 6 nitrogen and oxygen atoms in total. The Morgan fingerprint density at radius 3 is 2.43 bits per heavy atom. The Kier molecular flexibility index (Phi) is 4.94. The van der Waals surface area contributed by atoms with Crippen molar-refractivity contribution in [2.75, 3.05) is 0 Å². The highest BCUT2D eigenvalue weighted by atomic mass is 32.1. The Morgan fingerprint density at radius 1 is 1.05 bits per heavy atom. The number of pyridine rings is 1. The molecule has 0 unspecified atom stereocenters. The summed E-state index contributed by atoms with van der Waals surface area (Å²) in [6.45, 7) is 0. The second kappa shape index (κ2) is 7.11. The monoisotopic (exact) mass is 302 g/mol. The van der Waals surface area contributed by atoms with Crippen molar-refractivity contribution in [1.29, 1.82) is 0 Å². The van der Waals surface area contributed by atoms with Crippen LogP contribution in [0.4, 0.5) is 0 Å². The molecule has 0 atom stereocenters. The van der Waals surface area contributed by atoms with Crippen molar-refractivity contribution < 1.29 is 19.2 Å². The van der Waals surface area contributed by atoms with Gasteiger partial charge in [0.25, 0.3) is 5.05 Å². The van der Waals surface area contributed by atoms with Crippen molar-refractivity contribution in [3.05, 3.63) is 60.3 Å². The molecule has 0 aliphatic heterocycles. The van der Waals surface area contributed by atoms with Crippen molar-refractivity contribution in [1.82, 2.24) is 10.5 Å². The summed E-state index contributed by atoms with van der Waals surface area (Å²) < 4.78 is 4.77. The number of hydrogen-bond donors (Lipinski definition) is 1. The number of hydroxylamine groups is 1. The number of thiocarbonyl (C=S) groups is 1. The molecule has 1 N–H and O–H groups in total. The van der Waals surface area contributed by atoms with E-state index in [4.69, 9.17) is 21.8 Å². The van der Waals surface area contributed by atoms with Gasteiger partial charge in [0.15, 0.2) is 0 Å². The Balaban J connectivity index is 1.86. The largest absolute Gasteiger partial charge is 0.405 e. The Hall–Kier alpha value is -2.80. The predicted molar refractivity (Wildman–Crippen MR) is 77.5 cm³/mol. The van der Waals surface area contributed by atoms with Gasteiger partial charge in [0.1, 0.15) is 0 Å². The number of esters is 1. The third kappa shape index (κ3) is 4.36. The van der Waals surface area contributed by atoms with E-state index in [1.165, 1.54) is 6.20 Å². The molecule has 1 aromatic heterocycles. The van der Waals surface area contributed by atoms with Crippen molar-refractivity contribution in [2.24, 2.45) is 0 Å². The maximum atomic E-state index is 11.7. The number of amides is 1. The number of carbonyl (C=O) groups excluding carboxylic acids is 2. The first-order chi connectivity index (χ1) is 10.2. The number of nitrogens with one attached hydrogen (secondary N) is 1. The van der Waals surface area contributed by atoms with Crippen LogP contribution in [0.25, 0.3) is 0 Å². The fourth-order valence-corrected chi connectivity index (χ4v) is 1.43. The molecule has 0 bridgehead atoms. The molecule has 2 aromatic rings. The van der Waals surface area contributed by atoms with Crippen LogP contribution >= 0.6 is 12.2 Å². The molecule has 106 valence electrons. The van der Waals surface area contributed by atoms with E-state index in [0.717, 1.165) is 0 Å². The Labute approximate surface area is 125 Å². The van der Waals surface area contributed by atoms with Gasteiger partial charge >= 0.3 is 11.9 Å². The highest BCUT2D eigenvalue weighted by Crippen LogP contribution is 2.03. The van der Waals surface area contributed by atoms with Gasteiger partial charge in [-0.15, -0.1) is 0 Å². The Bertz CT molecular complexity index is 647. The second-order valence-electron chi connectivity index (χ2n) is 3.74. The number of carbonyl (C=O) groups is 2. The zero-order valence-corrected chi connectivity index (χ0v) is 11.5. The van der Waals surface area contributed by atoms with Crippen LogP contribution in [-0.2, 0) is 9.53 Å². The molecule has 2 rings (SSSR count). The normalized spacial score (nSPS) is 9.52. The molecule has 0 aliphatic carbocycles. The van der Waals surface area contributed by atoms with Gasteiger partial charge in [-0.25, -0.2) is 9.78 Å². The third-order valence-electron chi connectivity index (χ3n) is 2.27. The molecule has 0 radical (unpaired) electrons. The summed E-state index contributed by atoms with van der Waals surface area (Å²) in [7, 11) is 0. The van der Waals surface area contributed by atoms with E-state index in [1.807, 2.05) is 5.48 Å². The van der Waals surface area contributed by atoms with E-state index in [1.54, 1.807) is 48.5 Å². The number of ether oxygens (including phenoxy) is 1. The maximum Gasteiger partial charge on any atom is 0.344 e. The summed E-state index contributed by atoms with van der Waals surface area (Å²) in [5.74, 6) is -1.38. The van der Waals surface area contributed by atoms with E-state index in [9.17, 15) is 9.59 Å². The van der Waals surface area contributed by atoms with Gasteiger partial charge in [-0.05, 0) is 30.4 Å². The maximum absolute atomic E-state index is 11.7. The van der Waals surface area contributed by atoms with Crippen LogP contribution in [0.1, 0.15) is 10.4 Å². The number of rotatable bonds is 3. The van der Waals surface area contributed by atoms with Crippen LogP contribution in [0, 0.1) is 0 Å². The molecule has 0 fully saturated rings. The molecule has 0 aliphatic rings.